The van der Waals surface area contributed by atoms with E-state index < -0.39 is 23.8 Å². The molecule has 0 aliphatic heterocycles. The topological polar surface area (TPSA) is 94.7 Å². The second-order valence-corrected chi connectivity index (χ2v) is 6.48. The van der Waals surface area contributed by atoms with E-state index in [2.05, 4.69) is 4.98 Å². The van der Waals surface area contributed by atoms with Gasteiger partial charge < -0.3 is 19.2 Å². The van der Waals surface area contributed by atoms with Crippen LogP contribution in [0.25, 0.3) is 0 Å². The van der Waals surface area contributed by atoms with Crippen molar-refractivity contribution in [1.82, 2.24) is 4.98 Å². The predicted octanol–water partition coefficient (Wildman–Crippen LogP) is 3.31. The van der Waals surface area contributed by atoms with E-state index in [9.17, 15) is 14.4 Å². The molecule has 0 bridgehead atoms. The van der Waals surface area contributed by atoms with E-state index in [1.807, 2.05) is 31.2 Å². The van der Waals surface area contributed by atoms with Gasteiger partial charge in [-0.05, 0) is 44.9 Å². The van der Waals surface area contributed by atoms with Crippen LogP contribution in [0.5, 0.6) is 5.75 Å². The van der Waals surface area contributed by atoms with Crippen molar-refractivity contribution in [3.8, 4) is 5.75 Å². The Morgan fingerprint density at radius 3 is 2.43 bits per heavy atom. The standard InChI is InChI=1S/C21H25NO6/c1-12-8-6-7-9-16(12)27-11-10-17(23)28-15(4)20(24)19-13(2)18(14(3)22-19)21(25)26-5/h6-9,15,22H,10-11H2,1-5H3. The number of esters is 2. The van der Waals surface area contributed by atoms with E-state index in [1.54, 1.807) is 13.8 Å². The third-order valence-electron chi connectivity index (χ3n) is 4.41. The Kier molecular flexibility index (Phi) is 6.98. The van der Waals surface area contributed by atoms with Gasteiger partial charge in [-0.15, -0.1) is 0 Å². The minimum Gasteiger partial charge on any atom is -0.493 e. The monoisotopic (exact) mass is 387 g/mol. The molecule has 1 atom stereocenters. The second kappa shape index (κ2) is 9.21. The largest absolute Gasteiger partial charge is 0.493 e. The Balaban J connectivity index is 1.94. The van der Waals surface area contributed by atoms with Crippen LogP contribution in [0.1, 0.15) is 51.0 Å². The fourth-order valence-corrected chi connectivity index (χ4v) is 2.88. The van der Waals surface area contributed by atoms with Gasteiger partial charge in [0.2, 0.25) is 5.78 Å². The highest BCUT2D eigenvalue weighted by Gasteiger charge is 2.27. The number of Topliss-reactive ketones (excluding diaryl/α,β-unsaturated/α-hetero) is 1. The molecule has 0 fully saturated rings. The van der Waals surface area contributed by atoms with E-state index >= 15 is 0 Å². The van der Waals surface area contributed by atoms with Crippen LogP contribution in [0, 0.1) is 20.8 Å². The lowest BCUT2D eigenvalue weighted by molar-refractivity contribution is -0.146. The number of para-hydroxylation sites is 1. The molecule has 0 spiro atoms. The van der Waals surface area contributed by atoms with Crippen molar-refractivity contribution >= 4 is 17.7 Å². The highest BCUT2D eigenvalue weighted by atomic mass is 16.5. The molecule has 0 aliphatic carbocycles. The number of hydrogen-bond acceptors (Lipinski definition) is 6. The lowest BCUT2D eigenvalue weighted by atomic mass is 10.1. The molecular formula is C21H25NO6. The van der Waals surface area contributed by atoms with E-state index in [4.69, 9.17) is 14.2 Å². The second-order valence-electron chi connectivity index (χ2n) is 6.48. The molecule has 0 saturated carbocycles. The normalized spacial score (nSPS) is 11.6. The number of H-pyrrole nitrogens is 1. The summed E-state index contributed by atoms with van der Waals surface area (Å²) in [4.78, 5) is 39.4. The molecule has 0 amide bonds. The van der Waals surface area contributed by atoms with Crippen LogP contribution in [0.3, 0.4) is 0 Å². The molecule has 7 heteroatoms. The SMILES string of the molecule is COC(=O)c1c(C)[nH]c(C(=O)C(C)OC(=O)CCOc2ccccc2C)c1C. The molecule has 0 saturated heterocycles. The zero-order valence-corrected chi connectivity index (χ0v) is 16.8. The Morgan fingerprint density at radius 1 is 1.11 bits per heavy atom. The number of aromatic amines is 1. The first-order chi connectivity index (χ1) is 13.3. The van der Waals surface area contributed by atoms with Crippen LogP contribution < -0.4 is 4.74 Å². The van der Waals surface area contributed by atoms with E-state index in [-0.39, 0.29) is 18.7 Å². The first-order valence-electron chi connectivity index (χ1n) is 8.95. The molecule has 1 N–H and O–H groups in total. The Labute approximate surface area is 164 Å². The van der Waals surface area contributed by atoms with Crippen molar-refractivity contribution in [2.75, 3.05) is 13.7 Å². The number of aromatic nitrogens is 1. The van der Waals surface area contributed by atoms with Crippen LogP contribution in [0.4, 0.5) is 0 Å². The highest BCUT2D eigenvalue weighted by molar-refractivity contribution is 6.03. The third-order valence-corrected chi connectivity index (χ3v) is 4.41. The average Bonchev–Trinajstić information content (AvgIpc) is 2.96. The summed E-state index contributed by atoms with van der Waals surface area (Å²) in [5, 5.41) is 0. The highest BCUT2D eigenvalue weighted by Crippen LogP contribution is 2.21. The number of ketones is 1. The number of rotatable bonds is 8. The smallest absolute Gasteiger partial charge is 0.339 e. The summed E-state index contributed by atoms with van der Waals surface area (Å²) in [5.74, 6) is -0.775. The summed E-state index contributed by atoms with van der Waals surface area (Å²) >= 11 is 0. The minimum atomic E-state index is -0.992. The van der Waals surface area contributed by atoms with Gasteiger partial charge in [0.1, 0.15) is 5.75 Å². The van der Waals surface area contributed by atoms with Crippen molar-refractivity contribution in [3.63, 3.8) is 0 Å². The fourth-order valence-electron chi connectivity index (χ4n) is 2.88. The van der Waals surface area contributed by atoms with Crippen LogP contribution in [-0.2, 0) is 14.3 Å². The number of ether oxygens (including phenoxy) is 3. The zero-order valence-electron chi connectivity index (χ0n) is 16.8. The Hall–Kier alpha value is -3.09. The summed E-state index contributed by atoms with van der Waals surface area (Å²) < 4.78 is 15.5. The number of carbonyl (C=O) groups is 3. The molecule has 0 aliphatic rings. The van der Waals surface area contributed by atoms with Gasteiger partial charge in [0.05, 0.1) is 31.4 Å². The maximum absolute atomic E-state index is 12.6. The first-order valence-corrected chi connectivity index (χ1v) is 8.95. The van der Waals surface area contributed by atoms with Gasteiger partial charge in [0.15, 0.2) is 6.10 Å². The summed E-state index contributed by atoms with van der Waals surface area (Å²) in [6, 6.07) is 7.49. The number of hydrogen-bond donors (Lipinski definition) is 1. The fraction of sp³-hybridized carbons (Fsp3) is 0.381. The van der Waals surface area contributed by atoms with Gasteiger partial charge in [-0.1, -0.05) is 18.2 Å². The molecule has 7 nitrogen and oxygen atoms in total. The van der Waals surface area contributed by atoms with Crippen LogP contribution >= 0.6 is 0 Å². The molecule has 2 aromatic rings. The van der Waals surface area contributed by atoms with Gasteiger partial charge >= 0.3 is 11.9 Å². The van der Waals surface area contributed by atoms with Crippen LogP contribution in [0.15, 0.2) is 24.3 Å². The van der Waals surface area contributed by atoms with Gasteiger partial charge in [0.25, 0.3) is 0 Å². The van der Waals surface area contributed by atoms with Crippen molar-refractivity contribution < 1.29 is 28.6 Å². The molecule has 150 valence electrons. The quantitative estimate of drug-likeness (QED) is 0.552. The molecule has 1 heterocycles. The summed E-state index contributed by atoms with van der Waals surface area (Å²) in [6.07, 6.45) is -0.976. The van der Waals surface area contributed by atoms with Crippen LogP contribution in [-0.4, -0.2) is 42.5 Å². The zero-order chi connectivity index (χ0) is 20.8. The van der Waals surface area contributed by atoms with Crippen molar-refractivity contribution in [3.05, 3.63) is 52.3 Å². The molecule has 28 heavy (non-hydrogen) atoms. The average molecular weight is 387 g/mol. The molecule has 1 aromatic heterocycles. The van der Waals surface area contributed by atoms with E-state index in [0.29, 0.717) is 22.6 Å². The lowest BCUT2D eigenvalue weighted by Gasteiger charge is -2.13. The Bertz CT molecular complexity index is 883. The predicted molar refractivity (Wildman–Crippen MR) is 103 cm³/mol. The molecule has 1 aromatic carbocycles. The minimum absolute atomic E-state index is 0.0160. The van der Waals surface area contributed by atoms with Gasteiger partial charge in [0, 0.05) is 5.69 Å². The van der Waals surface area contributed by atoms with E-state index in [1.165, 1.54) is 14.0 Å². The van der Waals surface area contributed by atoms with Crippen molar-refractivity contribution in [2.24, 2.45) is 0 Å². The summed E-state index contributed by atoms with van der Waals surface area (Å²) in [7, 11) is 1.28. The number of methoxy groups -OCH3 is 1. The number of benzene rings is 1. The molecule has 0 radical (unpaired) electrons. The molecule has 2 rings (SSSR count). The lowest BCUT2D eigenvalue weighted by Crippen LogP contribution is -2.26. The Morgan fingerprint density at radius 2 is 1.79 bits per heavy atom. The summed E-state index contributed by atoms with van der Waals surface area (Å²) in [6.45, 7) is 6.88. The molecule has 1 unspecified atom stereocenters. The van der Waals surface area contributed by atoms with Gasteiger partial charge in [-0.2, -0.15) is 0 Å². The number of aryl methyl sites for hydroxylation is 2. The maximum Gasteiger partial charge on any atom is 0.339 e. The molecular weight excluding hydrogens is 362 g/mol. The van der Waals surface area contributed by atoms with Gasteiger partial charge in [-0.3, -0.25) is 9.59 Å². The van der Waals surface area contributed by atoms with E-state index in [0.717, 1.165) is 5.56 Å². The number of carbonyl (C=O) groups excluding carboxylic acids is 3. The van der Waals surface area contributed by atoms with Crippen molar-refractivity contribution in [2.45, 2.75) is 40.2 Å². The first kappa shape index (κ1) is 21.2. The number of nitrogens with one attached hydrogen (secondary N) is 1. The van der Waals surface area contributed by atoms with Crippen LogP contribution in [0.2, 0.25) is 0 Å². The van der Waals surface area contributed by atoms with Gasteiger partial charge in [-0.25, -0.2) is 4.79 Å². The maximum atomic E-state index is 12.6. The third kappa shape index (κ3) is 4.79. The summed E-state index contributed by atoms with van der Waals surface area (Å²) in [5.41, 5.74) is 2.52. The van der Waals surface area contributed by atoms with Crippen molar-refractivity contribution in [1.29, 1.82) is 0 Å².